The Balaban J connectivity index is 0.772. The third-order valence-corrected chi connectivity index (χ3v) is 21.1. The molecule has 3 aromatic heterocycles. The van der Waals surface area contributed by atoms with Crippen molar-refractivity contribution in [3.05, 3.63) is 151 Å². The molecule has 1 fully saturated rings. The van der Waals surface area contributed by atoms with Gasteiger partial charge in [0.05, 0.1) is 59.7 Å². The molecule has 0 spiro atoms. The maximum Gasteiger partial charge on any atom is 0.490 e. The number of hydrogen-bond acceptors (Lipinski definition) is 25. The first-order valence-electron chi connectivity index (χ1n) is 32.4. The van der Waals surface area contributed by atoms with Gasteiger partial charge in [-0.25, -0.2) is 23.5 Å². The van der Waals surface area contributed by atoms with Gasteiger partial charge in [-0.05, 0) is 93.2 Å². The average Bonchev–Trinajstić information content (AvgIpc) is 1.72. The van der Waals surface area contributed by atoms with E-state index < -0.39 is 112 Å². The van der Waals surface area contributed by atoms with Crippen LogP contribution in [-0.4, -0.2) is 180 Å². The van der Waals surface area contributed by atoms with Gasteiger partial charge in [0.15, 0.2) is 6.23 Å². The lowest BCUT2D eigenvalue weighted by atomic mass is 9.92. The molecule has 1 aliphatic rings. The van der Waals surface area contributed by atoms with E-state index in [0.717, 1.165) is 21.0 Å². The lowest BCUT2D eigenvalue weighted by molar-refractivity contribution is -0.126. The van der Waals surface area contributed by atoms with Crippen molar-refractivity contribution in [1.29, 1.82) is 0 Å². The van der Waals surface area contributed by atoms with Crippen LogP contribution in [0.1, 0.15) is 79.0 Å². The van der Waals surface area contributed by atoms with E-state index in [1.807, 2.05) is 50.2 Å². The van der Waals surface area contributed by atoms with E-state index in [1.165, 1.54) is 34.6 Å². The van der Waals surface area contributed by atoms with Gasteiger partial charge in [0, 0.05) is 110 Å². The van der Waals surface area contributed by atoms with Crippen LogP contribution in [0.2, 0.25) is 0 Å². The third kappa shape index (κ3) is 24.4. The minimum Gasteiger partial charge on any atom is -0.491 e. The van der Waals surface area contributed by atoms with E-state index in [4.69, 9.17) is 53.1 Å². The van der Waals surface area contributed by atoms with Crippen LogP contribution in [0, 0.1) is 11.8 Å². The summed E-state index contributed by atoms with van der Waals surface area (Å²) in [5.74, 6) is 2.94. The van der Waals surface area contributed by atoms with E-state index in [1.54, 1.807) is 49.4 Å². The van der Waals surface area contributed by atoms with Gasteiger partial charge in [0.2, 0.25) is 11.8 Å². The number of aromatic nitrogens is 2. The number of nitrogen functional groups attached to an aromatic ring is 1. The number of anilines is 2. The lowest BCUT2D eigenvalue weighted by Crippen LogP contribution is -2.36. The summed E-state index contributed by atoms with van der Waals surface area (Å²) in [6.07, 6.45) is -3.22. The normalized spacial score (nSPS) is 15.9. The zero-order valence-corrected chi connectivity index (χ0v) is 60.9. The second kappa shape index (κ2) is 38.0. The topological polar surface area (TPSA) is 511 Å². The van der Waals surface area contributed by atoms with Gasteiger partial charge < -0.3 is 79.2 Å². The van der Waals surface area contributed by atoms with Crippen molar-refractivity contribution in [2.75, 3.05) is 102 Å². The minimum absolute atomic E-state index is 0.00334. The fourth-order valence-corrected chi connectivity index (χ4v) is 15.3. The molecule has 4 amide bonds. The molecular formula is C64H76N11O25P3S2. The van der Waals surface area contributed by atoms with Crippen LogP contribution in [0.5, 0.6) is 5.75 Å². The third-order valence-electron chi connectivity index (χ3n) is 15.5. The number of hydrogen-bond donors (Lipinski definition) is 9. The number of nitrogens with zero attached hydrogens (tertiary/aromatic N) is 7. The van der Waals surface area contributed by atoms with E-state index >= 15 is 0 Å². The molecule has 7 aromatic rings. The number of carbonyl (C=O) groups is 4. The number of carbonyl (C=O) groups excluding carboxylic acids is 4. The number of rotatable bonds is 39. The summed E-state index contributed by atoms with van der Waals surface area (Å²) in [4.78, 5) is 129. The minimum atomic E-state index is -5.79. The molecule has 0 radical (unpaired) electrons. The average molecular weight is 1560 g/mol. The second-order valence-corrected chi connectivity index (χ2v) is 29.8. The maximum absolute atomic E-state index is 14.9. The number of nitrogens with one attached hydrogen (secondary N) is 3. The standard InChI is InChI=1S/C64H76N11O25P3S2/c1-4-73(5-2)43-23-24-47-50(34-43)98-64(81)60(62-70-49-20-9-10-21-53(49)104-62)59(47)45-18-7-8-19-46(45)63(80)74(29-14-32-105(89,90)91)28-13-22-54(76)68-26-27-69-61(79)41-15-11-17-44(33-41)95-40-56(71-72-66)94-31-30-92-39-55(77)67-25-12-16-42-37-75(57(78)35-48(42)65)58-36-51(93-6-3)52(97-58)38-96-102(85,86)100-103(87,88)99-101(82,83)84/h7-11,15,17-21,23-24,33-35,37,51-52,56,58H,4-6,13-14,22,25-32,36,38-40,65H2,1-3H3,(H,67,77)(H,68,76)(H,69,79)(H,85,86)(H,87,88)(H2,82,83,84)(H,89,90,91). The summed E-state index contributed by atoms with van der Waals surface area (Å²) in [7, 11) is -21.4. The molecule has 105 heavy (non-hydrogen) atoms. The van der Waals surface area contributed by atoms with Crippen molar-refractivity contribution in [3.63, 3.8) is 0 Å². The first-order valence-corrected chi connectivity index (χ1v) is 39.3. The summed E-state index contributed by atoms with van der Waals surface area (Å²) >= 11 is 1.29. The number of amides is 4. The molecule has 4 heterocycles. The van der Waals surface area contributed by atoms with E-state index in [0.29, 0.717) is 40.1 Å². The number of para-hydroxylation sites is 1. The number of pyridine rings is 1. The Labute approximate surface area is 603 Å². The molecule has 8 rings (SSSR count). The quantitative estimate of drug-likeness (QED) is 0.00285. The van der Waals surface area contributed by atoms with Crippen molar-refractivity contribution in [2.45, 2.75) is 71.1 Å². The van der Waals surface area contributed by atoms with Crippen LogP contribution in [0.25, 0.3) is 53.3 Å². The number of fused-ring (bicyclic) bond motifs is 2. The van der Waals surface area contributed by atoms with Crippen LogP contribution in [0.15, 0.2) is 122 Å². The predicted molar refractivity (Wildman–Crippen MR) is 382 cm³/mol. The number of thiazole rings is 1. The lowest BCUT2D eigenvalue weighted by Gasteiger charge is -2.25. The molecule has 0 aliphatic carbocycles. The maximum atomic E-state index is 14.9. The zero-order valence-electron chi connectivity index (χ0n) is 56.6. The molecule has 10 N–H and O–H groups in total. The van der Waals surface area contributed by atoms with E-state index in [-0.39, 0.29) is 124 Å². The fraction of sp³-hybridized carbons (Fsp3) is 0.391. The number of azide groups is 1. The smallest absolute Gasteiger partial charge is 0.490 e. The summed E-state index contributed by atoms with van der Waals surface area (Å²) in [6, 6.07) is 26.7. The van der Waals surface area contributed by atoms with Crippen molar-refractivity contribution in [3.8, 4) is 39.3 Å². The molecule has 1 aliphatic heterocycles. The molecule has 6 atom stereocenters. The zero-order chi connectivity index (χ0) is 76.1. The monoisotopic (exact) mass is 1560 g/mol. The molecule has 6 unspecified atom stereocenters. The van der Waals surface area contributed by atoms with Crippen LogP contribution in [0.3, 0.4) is 0 Å². The largest absolute Gasteiger partial charge is 0.491 e. The van der Waals surface area contributed by atoms with Gasteiger partial charge in [-0.15, -0.1) is 11.3 Å². The van der Waals surface area contributed by atoms with Gasteiger partial charge in [-0.2, -0.15) is 17.0 Å². The van der Waals surface area contributed by atoms with E-state index in [2.05, 4.69) is 51.3 Å². The van der Waals surface area contributed by atoms with Gasteiger partial charge in [0.1, 0.15) is 47.4 Å². The molecule has 0 bridgehead atoms. The molecular weight excluding hydrogens is 1480 g/mol. The van der Waals surface area contributed by atoms with Crippen LogP contribution in [0.4, 0.5) is 11.4 Å². The highest BCUT2D eigenvalue weighted by molar-refractivity contribution is 7.85. The Kier molecular flexibility index (Phi) is 29.6. The summed E-state index contributed by atoms with van der Waals surface area (Å²) < 4.78 is 117. The van der Waals surface area contributed by atoms with Crippen LogP contribution >= 0.6 is 34.8 Å². The SMILES string of the molecule is CCOC1CC(n2cc(C#CCNC(=O)COCCOC(COc3cccc(C(=O)NCCNC(=O)CCCN(CCCS(=O)(=O)O)C(=O)c4ccccc4-c4c(-c5nc6ccccc6s5)c(=O)oc5cc(N(CC)CC)ccc45)c3)N=[N+]=[N-])c(N)cc2=O)OC1COP(=O)(O)OP(=O)(O)OP(=O)(O)O. The Morgan fingerprint density at radius 3 is 2.36 bits per heavy atom. The van der Waals surface area contributed by atoms with Gasteiger partial charge >= 0.3 is 29.1 Å². The molecule has 0 saturated carbocycles. The van der Waals surface area contributed by atoms with Gasteiger partial charge in [-0.3, -0.25) is 37.6 Å². The number of phosphoric acid groups is 3. The first kappa shape index (κ1) is 81.9. The fourth-order valence-electron chi connectivity index (χ4n) is 10.8. The van der Waals surface area contributed by atoms with Crippen molar-refractivity contribution >= 4 is 101 Å². The summed E-state index contributed by atoms with van der Waals surface area (Å²) in [6.45, 7) is 4.91. The molecule has 1 saturated heterocycles. The van der Waals surface area contributed by atoms with Crippen LogP contribution < -0.4 is 42.5 Å². The van der Waals surface area contributed by atoms with Gasteiger partial charge in [0.25, 0.3) is 27.5 Å². The van der Waals surface area contributed by atoms with Crippen LogP contribution in [-0.2, 0) is 65.5 Å². The Morgan fingerprint density at radius 2 is 1.63 bits per heavy atom. The van der Waals surface area contributed by atoms with Crippen molar-refractivity contribution in [2.24, 2.45) is 5.11 Å². The number of benzene rings is 4. The summed E-state index contributed by atoms with van der Waals surface area (Å²) in [5, 5.41) is 12.5. The number of ether oxygens (including phenoxy) is 5. The Hall–Kier alpha value is -8.76. The molecule has 36 nitrogen and oxygen atoms in total. The highest BCUT2D eigenvalue weighted by Gasteiger charge is 2.44. The number of phosphoric ester groups is 1. The highest BCUT2D eigenvalue weighted by atomic mass is 32.2. The second-order valence-electron chi connectivity index (χ2n) is 22.8. The Bertz CT molecular complexity index is 4750. The summed E-state index contributed by atoms with van der Waals surface area (Å²) in [5.41, 5.74) is 17.1. The van der Waals surface area contributed by atoms with Crippen molar-refractivity contribution in [1.82, 2.24) is 30.4 Å². The van der Waals surface area contributed by atoms with Gasteiger partial charge in [-0.1, -0.05) is 53.4 Å². The Morgan fingerprint density at radius 1 is 0.886 bits per heavy atom. The highest BCUT2D eigenvalue weighted by Crippen LogP contribution is 2.66. The van der Waals surface area contributed by atoms with Crippen molar-refractivity contribution < 1.29 is 107 Å². The molecule has 41 heteroatoms. The molecule has 4 aromatic carbocycles. The number of nitrogens with two attached hydrogens (primary N) is 1. The molecule has 564 valence electrons. The first-order chi connectivity index (χ1) is 50.0. The van der Waals surface area contributed by atoms with E-state index in [9.17, 15) is 70.8 Å². The predicted octanol–water partition coefficient (Wildman–Crippen LogP) is 6.63.